The van der Waals surface area contributed by atoms with Gasteiger partial charge in [-0.25, -0.2) is 0 Å². The third-order valence-corrected chi connectivity index (χ3v) is 5.16. The van der Waals surface area contributed by atoms with Crippen molar-refractivity contribution in [3.05, 3.63) is 34.3 Å². The van der Waals surface area contributed by atoms with E-state index in [1.54, 1.807) is 6.26 Å². The highest BCUT2D eigenvalue weighted by Crippen LogP contribution is 2.67. The maximum atomic E-state index is 12.6. The van der Waals surface area contributed by atoms with E-state index in [0.29, 0.717) is 11.8 Å². The van der Waals surface area contributed by atoms with E-state index in [0.717, 1.165) is 28.9 Å². The Morgan fingerprint density at radius 3 is 2.94 bits per heavy atom. The molecule has 1 fully saturated rings. The molecule has 2 nitrogen and oxygen atoms in total. The zero-order valence-corrected chi connectivity index (χ0v) is 10.5. The topological polar surface area (TPSA) is 30.2 Å². The quantitative estimate of drug-likeness (QED) is 0.682. The van der Waals surface area contributed by atoms with Crippen molar-refractivity contribution in [1.82, 2.24) is 0 Å². The maximum absolute atomic E-state index is 12.6. The van der Waals surface area contributed by atoms with Crippen LogP contribution in [0.25, 0.3) is 0 Å². The minimum absolute atomic E-state index is 0.0587. The van der Waals surface area contributed by atoms with Gasteiger partial charge in [-0.1, -0.05) is 12.5 Å². The predicted molar refractivity (Wildman–Crippen MR) is 63.9 cm³/mol. The SMILES string of the molecule is CC1=C2C(=O)c3c(C)coc3CC2(C)C2CC12. The first kappa shape index (κ1) is 9.69. The smallest absolute Gasteiger partial charge is 0.193 e. The van der Waals surface area contributed by atoms with Gasteiger partial charge in [-0.15, -0.1) is 0 Å². The molecule has 0 bridgehead atoms. The second-order valence-electron chi connectivity index (χ2n) is 6.15. The first-order valence-electron chi connectivity index (χ1n) is 6.37. The van der Waals surface area contributed by atoms with Crippen molar-refractivity contribution in [2.24, 2.45) is 17.3 Å². The summed E-state index contributed by atoms with van der Waals surface area (Å²) in [4.78, 5) is 12.6. The third-order valence-electron chi connectivity index (χ3n) is 5.16. The van der Waals surface area contributed by atoms with Crippen LogP contribution in [0, 0.1) is 24.2 Å². The van der Waals surface area contributed by atoms with Gasteiger partial charge >= 0.3 is 0 Å². The van der Waals surface area contributed by atoms with E-state index in [1.165, 1.54) is 12.0 Å². The van der Waals surface area contributed by atoms with Crippen LogP contribution in [0.5, 0.6) is 0 Å². The third kappa shape index (κ3) is 0.921. The Morgan fingerprint density at radius 1 is 1.41 bits per heavy atom. The lowest BCUT2D eigenvalue weighted by molar-refractivity contribution is 0.0978. The lowest BCUT2D eigenvalue weighted by atomic mass is 9.68. The molecule has 3 aliphatic rings. The van der Waals surface area contributed by atoms with Gasteiger partial charge in [0, 0.05) is 17.4 Å². The maximum Gasteiger partial charge on any atom is 0.193 e. The normalized spacial score (nSPS) is 37.9. The van der Waals surface area contributed by atoms with Gasteiger partial charge in [0.15, 0.2) is 5.78 Å². The number of carbonyl (C=O) groups is 1. The summed E-state index contributed by atoms with van der Waals surface area (Å²) in [5, 5.41) is 0. The molecule has 3 aliphatic carbocycles. The summed E-state index contributed by atoms with van der Waals surface area (Å²) in [5.74, 6) is 2.53. The van der Waals surface area contributed by atoms with Gasteiger partial charge in [-0.05, 0) is 37.7 Å². The fourth-order valence-electron chi connectivity index (χ4n) is 4.25. The number of ketones is 1. The molecule has 0 aliphatic heterocycles. The van der Waals surface area contributed by atoms with Crippen LogP contribution in [0.1, 0.15) is 41.9 Å². The molecule has 1 saturated carbocycles. The van der Waals surface area contributed by atoms with Gasteiger partial charge < -0.3 is 4.42 Å². The summed E-state index contributed by atoms with van der Waals surface area (Å²) in [5.41, 5.74) is 4.36. The molecule has 1 heterocycles. The van der Waals surface area contributed by atoms with Crippen LogP contribution in [-0.4, -0.2) is 5.78 Å². The van der Waals surface area contributed by atoms with Crippen LogP contribution in [-0.2, 0) is 6.42 Å². The van der Waals surface area contributed by atoms with E-state index in [9.17, 15) is 4.79 Å². The zero-order chi connectivity index (χ0) is 11.9. The molecule has 3 unspecified atom stereocenters. The van der Waals surface area contributed by atoms with E-state index in [1.807, 2.05) is 6.92 Å². The Balaban J connectivity index is 1.99. The number of furan rings is 1. The molecule has 1 aromatic heterocycles. The van der Waals surface area contributed by atoms with Gasteiger partial charge in [0.1, 0.15) is 5.76 Å². The number of rotatable bonds is 0. The molecule has 0 aromatic carbocycles. The van der Waals surface area contributed by atoms with Crippen LogP contribution < -0.4 is 0 Å². The van der Waals surface area contributed by atoms with Crippen LogP contribution in [0.2, 0.25) is 0 Å². The highest BCUT2D eigenvalue weighted by Gasteiger charge is 2.62. The number of aryl methyl sites for hydroxylation is 1. The first-order chi connectivity index (χ1) is 8.04. The first-order valence-corrected chi connectivity index (χ1v) is 6.37. The van der Waals surface area contributed by atoms with E-state index in [-0.39, 0.29) is 11.2 Å². The fourth-order valence-corrected chi connectivity index (χ4v) is 4.25. The van der Waals surface area contributed by atoms with Gasteiger partial charge in [0.2, 0.25) is 0 Å². The molecular formula is C15H16O2. The van der Waals surface area contributed by atoms with E-state index >= 15 is 0 Å². The molecule has 0 saturated heterocycles. The average Bonchev–Trinajstić information content (AvgIpc) is 2.94. The van der Waals surface area contributed by atoms with Crippen LogP contribution >= 0.6 is 0 Å². The molecule has 0 N–H and O–H groups in total. The minimum Gasteiger partial charge on any atom is -0.468 e. The van der Waals surface area contributed by atoms with Gasteiger partial charge in [0.05, 0.1) is 11.8 Å². The summed E-state index contributed by atoms with van der Waals surface area (Å²) in [6.07, 6.45) is 3.91. The van der Waals surface area contributed by atoms with Crippen molar-refractivity contribution >= 4 is 5.78 Å². The van der Waals surface area contributed by atoms with Crippen LogP contribution in [0.15, 0.2) is 21.8 Å². The molecule has 17 heavy (non-hydrogen) atoms. The molecule has 4 rings (SSSR count). The van der Waals surface area contributed by atoms with E-state index < -0.39 is 0 Å². The zero-order valence-electron chi connectivity index (χ0n) is 10.5. The minimum atomic E-state index is 0.0587. The second-order valence-corrected chi connectivity index (χ2v) is 6.15. The lowest BCUT2D eigenvalue weighted by Crippen LogP contribution is -2.33. The Hall–Kier alpha value is -1.31. The molecule has 0 spiro atoms. The van der Waals surface area contributed by atoms with Gasteiger partial charge in [-0.3, -0.25) is 4.79 Å². The summed E-state index contributed by atoms with van der Waals surface area (Å²) in [6.45, 7) is 6.38. The number of allylic oxidation sites excluding steroid dienone is 2. The van der Waals surface area contributed by atoms with Crippen molar-refractivity contribution in [1.29, 1.82) is 0 Å². The Bertz CT molecular complexity index is 590. The standard InChI is InChI=1S/C15H16O2/c1-7-6-17-11-5-15(3)10-4-9(10)8(2)13(15)14(16)12(7)11/h6,9-10H,4-5H2,1-3H3. The Labute approximate surface area is 101 Å². The number of hydrogen-bond acceptors (Lipinski definition) is 2. The van der Waals surface area contributed by atoms with Crippen LogP contribution in [0.3, 0.4) is 0 Å². The summed E-state index contributed by atoms with van der Waals surface area (Å²) in [6, 6.07) is 0. The Kier molecular flexibility index (Phi) is 1.47. The van der Waals surface area contributed by atoms with Crippen molar-refractivity contribution < 1.29 is 9.21 Å². The van der Waals surface area contributed by atoms with E-state index in [2.05, 4.69) is 13.8 Å². The highest BCUT2D eigenvalue weighted by molar-refractivity contribution is 6.13. The second kappa shape index (κ2) is 2.58. The number of Topliss-reactive ketones (excluding diaryl/α,β-unsaturated/α-hetero) is 1. The molecule has 88 valence electrons. The molecule has 3 atom stereocenters. The number of carbonyl (C=O) groups excluding carboxylic acids is 1. The predicted octanol–water partition coefficient (Wildman–Crippen LogP) is 3.30. The van der Waals surface area contributed by atoms with Crippen molar-refractivity contribution in [3.63, 3.8) is 0 Å². The lowest BCUT2D eigenvalue weighted by Gasteiger charge is -2.33. The van der Waals surface area contributed by atoms with Crippen molar-refractivity contribution in [2.45, 2.75) is 33.6 Å². The number of hydrogen-bond donors (Lipinski definition) is 0. The summed E-state index contributed by atoms with van der Waals surface area (Å²) in [7, 11) is 0. The van der Waals surface area contributed by atoms with Gasteiger partial charge in [0.25, 0.3) is 0 Å². The molecule has 2 heteroatoms. The van der Waals surface area contributed by atoms with Gasteiger partial charge in [-0.2, -0.15) is 0 Å². The molecule has 0 radical (unpaired) electrons. The van der Waals surface area contributed by atoms with Crippen molar-refractivity contribution in [3.8, 4) is 0 Å². The Morgan fingerprint density at radius 2 is 2.18 bits per heavy atom. The summed E-state index contributed by atoms with van der Waals surface area (Å²) < 4.78 is 5.59. The molecule has 1 aromatic rings. The molecule has 0 amide bonds. The monoisotopic (exact) mass is 228 g/mol. The molecular weight excluding hydrogens is 212 g/mol. The summed E-state index contributed by atoms with van der Waals surface area (Å²) >= 11 is 0. The average molecular weight is 228 g/mol. The number of fused-ring (bicyclic) bond motifs is 4. The fraction of sp³-hybridized carbons (Fsp3) is 0.533. The van der Waals surface area contributed by atoms with E-state index in [4.69, 9.17) is 4.42 Å². The van der Waals surface area contributed by atoms with Crippen molar-refractivity contribution in [2.75, 3.05) is 0 Å². The largest absolute Gasteiger partial charge is 0.468 e. The van der Waals surface area contributed by atoms with Crippen LogP contribution in [0.4, 0.5) is 0 Å². The highest BCUT2D eigenvalue weighted by atomic mass is 16.3.